The van der Waals surface area contributed by atoms with Crippen LogP contribution in [0.4, 0.5) is 0 Å². The van der Waals surface area contributed by atoms with Gasteiger partial charge in [-0.15, -0.1) is 0 Å². The van der Waals surface area contributed by atoms with Crippen LogP contribution in [-0.4, -0.2) is 5.21 Å². The van der Waals surface area contributed by atoms with E-state index < -0.39 is 0 Å². The third-order valence-corrected chi connectivity index (χ3v) is 4.15. The van der Waals surface area contributed by atoms with Crippen molar-refractivity contribution in [2.45, 2.75) is 77.6 Å². The van der Waals surface area contributed by atoms with E-state index in [0.717, 1.165) is 0 Å². The SMILES string of the molecule is CCCCCCC(C)(CCCC)c1ccc[n+](O)c1. The first-order chi connectivity index (χ1) is 9.12. The summed E-state index contributed by atoms with van der Waals surface area (Å²) in [6, 6.07) is 4.09. The van der Waals surface area contributed by atoms with Gasteiger partial charge < -0.3 is 0 Å². The smallest absolute Gasteiger partial charge is 0.225 e. The number of aromatic nitrogens is 1. The number of unbranched alkanes of at least 4 members (excludes halogenated alkanes) is 4. The summed E-state index contributed by atoms with van der Waals surface area (Å²) in [5, 5.41) is 9.63. The van der Waals surface area contributed by atoms with Crippen LogP contribution in [0.25, 0.3) is 0 Å². The van der Waals surface area contributed by atoms with Crippen molar-refractivity contribution in [2.24, 2.45) is 0 Å². The maximum absolute atomic E-state index is 9.63. The lowest BCUT2D eigenvalue weighted by molar-refractivity contribution is -0.905. The van der Waals surface area contributed by atoms with Crippen LogP contribution in [0, 0.1) is 0 Å². The van der Waals surface area contributed by atoms with Gasteiger partial charge in [0, 0.05) is 16.4 Å². The quantitative estimate of drug-likeness (QED) is 0.392. The summed E-state index contributed by atoms with van der Waals surface area (Å²) in [4.78, 5) is 0. The zero-order chi connectivity index (χ0) is 14.1. The van der Waals surface area contributed by atoms with Gasteiger partial charge in [-0.2, -0.15) is 0 Å². The standard InChI is InChI=1S/C17H30NO/c1-4-6-8-9-13-17(3,12-7-5-2)16-11-10-14-18(19)15-16/h10-11,14-15,19H,4-9,12-13H2,1-3H3/q+1. The van der Waals surface area contributed by atoms with E-state index in [1.807, 2.05) is 12.3 Å². The number of hydrogen-bond acceptors (Lipinski definition) is 1. The van der Waals surface area contributed by atoms with Crippen LogP contribution in [0.5, 0.6) is 0 Å². The summed E-state index contributed by atoms with van der Waals surface area (Å²) in [7, 11) is 0. The van der Waals surface area contributed by atoms with Gasteiger partial charge >= 0.3 is 0 Å². The Balaban J connectivity index is 2.73. The molecular formula is C17H30NO+. The average Bonchev–Trinajstić information content (AvgIpc) is 2.41. The second kappa shape index (κ2) is 8.19. The number of hydrogen-bond donors (Lipinski definition) is 1. The Morgan fingerprint density at radius 1 is 1.05 bits per heavy atom. The van der Waals surface area contributed by atoms with Crippen LogP contribution >= 0.6 is 0 Å². The van der Waals surface area contributed by atoms with E-state index in [4.69, 9.17) is 0 Å². The van der Waals surface area contributed by atoms with E-state index in [1.165, 1.54) is 61.7 Å². The predicted octanol–water partition coefficient (Wildman–Crippen LogP) is 4.63. The first-order valence-corrected chi connectivity index (χ1v) is 7.83. The van der Waals surface area contributed by atoms with E-state index in [0.29, 0.717) is 0 Å². The average molecular weight is 264 g/mol. The molecule has 1 aromatic rings. The molecule has 0 saturated carbocycles. The molecule has 0 aromatic carbocycles. The summed E-state index contributed by atoms with van der Waals surface area (Å²) >= 11 is 0. The molecule has 2 nitrogen and oxygen atoms in total. The molecule has 0 radical (unpaired) electrons. The molecule has 1 aromatic heterocycles. The van der Waals surface area contributed by atoms with Crippen LogP contribution in [0.3, 0.4) is 0 Å². The van der Waals surface area contributed by atoms with Crippen LogP contribution in [0.1, 0.15) is 77.7 Å². The summed E-state index contributed by atoms with van der Waals surface area (Å²) in [5.74, 6) is 0. The van der Waals surface area contributed by atoms with Gasteiger partial charge in [0.1, 0.15) is 0 Å². The first kappa shape index (κ1) is 16.0. The minimum atomic E-state index is 0.204. The Morgan fingerprint density at radius 2 is 1.74 bits per heavy atom. The van der Waals surface area contributed by atoms with Gasteiger partial charge in [-0.05, 0) is 24.3 Å². The van der Waals surface area contributed by atoms with Gasteiger partial charge in [0.15, 0.2) is 0 Å². The Morgan fingerprint density at radius 3 is 2.37 bits per heavy atom. The van der Waals surface area contributed by atoms with E-state index in [9.17, 15) is 5.21 Å². The third-order valence-electron chi connectivity index (χ3n) is 4.15. The fourth-order valence-corrected chi connectivity index (χ4v) is 2.74. The molecule has 2 heteroatoms. The van der Waals surface area contributed by atoms with Crippen molar-refractivity contribution in [1.29, 1.82) is 0 Å². The lowest BCUT2D eigenvalue weighted by Gasteiger charge is -2.29. The minimum absolute atomic E-state index is 0.204. The zero-order valence-electron chi connectivity index (χ0n) is 12.9. The van der Waals surface area contributed by atoms with E-state index >= 15 is 0 Å². The molecule has 0 aliphatic rings. The molecule has 1 heterocycles. The highest BCUT2D eigenvalue weighted by atomic mass is 16.5. The van der Waals surface area contributed by atoms with Gasteiger partial charge in [-0.3, -0.25) is 5.21 Å². The van der Waals surface area contributed by atoms with Crippen molar-refractivity contribution in [2.75, 3.05) is 0 Å². The van der Waals surface area contributed by atoms with Gasteiger partial charge in [-0.25, -0.2) is 0 Å². The molecule has 0 spiro atoms. The van der Waals surface area contributed by atoms with Gasteiger partial charge in [0.2, 0.25) is 12.4 Å². The summed E-state index contributed by atoms with van der Waals surface area (Å²) in [6.07, 6.45) is 13.7. The van der Waals surface area contributed by atoms with Crippen LogP contribution in [0.2, 0.25) is 0 Å². The Labute approximate surface area is 118 Å². The van der Waals surface area contributed by atoms with Gasteiger partial charge in [-0.1, -0.05) is 59.3 Å². The van der Waals surface area contributed by atoms with E-state index in [-0.39, 0.29) is 5.41 Å². The van der Waals surface area contributed by atoms with Crippen molar-refractivity contribution >= 4 is 0 Å². The topological polar surface area (TPSA) is 24.1 Å². The monoisotopic (exact) mass is 264 g/mol. The Hall–Kier alpha value is -1.05. The molecule has 0 bridgehead atoms. The number of pyridine rings is 1. The lowest BCUT2D eigenvalue weighted by atomic mass is 9.75. The van der Waals surface area contributed by atoms with E-state index in [2.05, 4.69) is 26.8 Å². The van der Waals surface area contributed by atoms with Crippen molar-refractivity contribution in [3.63, 3.8) is 0 Å². The Kier molecular flexibility index (Phi) is 6.90. The summed E-state index contributed by atoms with van der Waals surface area (Å²) in [6.45, 7) is 6.85. The number of nitrogens with zero attached hydrogens (tertiary/aromatic N) is 1. The Bertz CT molecular complexity index is 364. The number of rotatable bonds is 9. The highest BCUT2D eigenvalue weighted by Crippen LogP contribution is 2.34. The molecule has 19 heavy (non-hydrogen) atoms. The lowest BCUT2D eigenvalue weighted by Crippen LogP contribution is -2.33. The molecule has 0 amide bonds. The largest absolute Gasteiger partial charge is 0.285 e. The molecule has 0 fully saturated rings. The van der Waals surface area contributed by atoms with Gasteiger partial charge in [0.25, 0.3) is 0 Å². The molecule has 0 aliphatic carbocycles. The first-order valence-electron chi connectivity index (χ1n) is 7.83. The molecule has 108 valence electrons. The molecule has 1 atom stereocenters. The highest BCUT2D eigenvalue weighted by Gasteiger charge is 2.27. The molecule has 1 rings (SSSR count). The maximum Gasteiger partial charge on any atom is 0.225 e. The molecule has 0 saturated heterocycles. The van der Waals surface area contributed by atoms with E-state index in [1.54, 1.807) is 6.20 Å². The zero-order valence-corrected chi connectivity index (χ0v) is 12.9. The normalized spacial score (nSPS) is 14.3. The highest BCUT2D eigenvalue weighted by molar-refractivity contribution is 5.18. The predicted molar refractivity (Wildman–Crippen MR) is 79.5 cm³/mol. The molecular weight excluding hydrogens is 234 g/mol. The van der Waals surface area contributed by atoms with Crippen molar-refractivity contribution in [3.8, 4) is 0 Å². The minimum Gasteiger partial charge on any atom is -0.285 e. The van der Waals surface area contributed by atoms with Gasteiger partial charge in [0.05, 0.1) is 0 Å². The second-order valence-corrected chi connectivity index (χ2v) is 5.95. The van der Waals surface area contributed by atoms with Crippen LogP contribution in [-0.2, 0) is 5.41 Å². The fourth-order valence-electron chi connectivity index (χ4n) is 2.74. The molecule has 0 aliphatic heterocycles. The fraction of sp³-hybridized carbons (Fsp3) is 0.706. The van der Waals surface area contributed by atoms with Crippen molar-refractivity contribution < 1.29 is 9.94 Å². The second-order valence-electron chi connectivity index (χ2n) is 5.95. The maximum atomic E-state index is 9.63. The van der Waals surface area contributed by atoms with Crippen molar-refractivity contribution in [3.05, 3.63) is 30.1 Å². The molecule has 1 unspecified atom stereocenters. The summed E-state index contributed by atoms with van der Waals surface area (Å²) in [5.41, 5.74) is 1.47. The van der Waals surface area contributed by atoms with Crippen molar-refractivity contribution in [1.82, 2.24) is 0 Å². The van der Waals surface area contributed by atoms with Crippen LogP contribution in [0.15, 0.2) is 24.5 Å². The van der Waals surface area contributed by atoms with Crippen LogP contribution < -0.4 is 4.73 Å². The third kappa shape index (κ3) is 5.22. The molecule has 1 N–H and O–H groups in total. The summed E-state index contributed by atoms with van der Waals surface area (Å²) < 4.78 is 1.19.